The number of halogens is 1. The average molecular weight is 380 g/mol. The molecule has 0 spiro atoms. The Balaban J connectivity index is 0.00000180. The highest BCUT2D eigenvalue weighted by molar-refractivity contribution is 14.0. The van der Waals surface area contributed by atoms with Gasteiger partial charge in [-0.3, -0.25) is 4.99 Å². The SMILES string of the molecule is CC1CCN(CCCN=C(N)N(C)C2CC2)CC1.I. The lowest BCUT2D eigenvalue weighted by Crippen LogP contribution is -2.36. The Morgan fingerprint density at radius 3 is 2.47 bits per heavy atom. The van der Waals surface area contributed by atoms with Crippen LogP contribution in [0.1, 0.15) is 39.0 Å². The third-order valence-corrected chi connectivity index (χ3v) is 4.24. The molecular formula is C14H29IN4. The minimum atomic E-state index is 0. The average Bonchev–Trinajstić information content (AvgIpc) is 3.20. The summed E-state index contributed by atoms with van der Waals surface area (Å²) >= 11 is 0. The Bertz CT molecular complexity index is 283. The molecule has 0 aromatic rings. The van der Waals surface area contributed by atoms with Crippen molar-refractivity contribution in [3.8, 4) is 0 Å². The van der Waals surface area contributed by atoms with Gasteiger partial charge in [-0.25, -0.2) is 0 Å². The molecule has 0 atom stereocenters. The summed E-state index contributed by atoms with van der Waals surface area (Å²) in [6.07, 6.45) is 6.40. The van der Waals surface area contributed by atoms with Crippen LogP contribution in [0, 0.1) is 5.92 Å². The lowest BCUT2D eigenvalue weighted by Gasteiger charge is -2.29. The van der Waals surface area contributed by atoms with E-state index >= 15 is 0 Å². The van der Waals surface area contributed by atoms with Crippen molar-refractivity contribution in [3.05, 3.63) is 0 Å². The first-order valence-electron chi connectivity index (χ1n) is 7.42. The highest BCUT2D eigenvalue weighted by Crippen LogP contribution is 2.24. The van der Waals surface area contributed by atoms with Gasteiger partial charge in [0.15, 0.2) is 5.96 Å². The molecule has 2 fully saturated rings. The summed E-state index contributed by atoms with van der Waals surface area (Å²) in [5.74, 6) is 1.65. The molecule has 5 heteroatoms. The zero-order chi connectivity index (χ0) is 13.0. The van der Waals surface area contributed by atoms with E-state index in [0.29, 0.717) is 6.04 Å². The van der Waals surface area contributed by atoms with Gasteiger partial charge in [-0.2, -0.15) is 0 Å². The number of aliphatic imine (C=N–C) groups is 1. The van der Waals surface area contributed by atoms with E-state index in [1.54, 1.807) is 0 Å². The molecule has 19 heavy (non-hydrogen) atoms. The summed E-state index contributed by atoms with van der Waals surface area (Å²) in [5.41, 5.74) is 5.96. The van der Waals surface area contributed by atoms with Gasteiger partial charge in [0, 0.05) is 19.6 Å². The number of piperidine rings is 1. The van der Waals surface area contributed by atoms with E-state index in [1.807, 2.05) is 0 Å². The molecule has 0 unspecified atom stereocenters. The Morgan fingerprint density at radius 2 is 1.89 bits per heavy atom. The van der Waals surface area contributed by atoms with Gasteiger partial charge in [0.25, 0.3) is 0 Å². The Morgan fingerprint density at radius 1 is 1.26 bits per heavy atom. The number of nitrogens with two attached hydrogens (primary N) is 1. The largest absolute Gasteiger partial charge is 0.370 e. The summed E-state index contributed by atoms with van der Waals surface area (Å²) in [4.78, 5) is 9.17. The molecule has 0 radical (unpaired) electrons. The normalized spacial score (nSPS) is 22.1. The first kappa shape index (κ1) is 17.0. The molecule has 4 nitrogen and oxygen atoms in total. The topological polar surface area (TPSA) is 44.9 Å². The molecule has 0 aromatic carbocycles. The molecule has 1 aliphatic heterocycles. The Hall–Kier alpha value is -0.0400. The van der Waals surface area contributed by atoms with Gasteiger partial charge in [-0.05, 0) is 57.7 Å². The van der Waals surface area contributed by atoms with Crippen LogP contribution in [-0.2, 0) is 0 Å². The summed E-state index contributed by atoms with van der Waals surface area (Å²) < 4.78 is 0. The Labute approximate surface area is 134 Å². The van der Waals surface area contributed by atoms with E-state index < -0.39 is 0 Å². The number of rotatable bonds is 5. The molecule has 112 valence electrons. The van der Waals surface area contributed by atoms with Gasteiger partial charge in [-0.1, -0.05) is 6.92 Å². The zero-order valence-corrected chi connectivity index (χ0v) is 14.7. The zero-order valence-electron chi connectivity index (χ0n) is 12.3. The predicted octanol–water partition coefficient (Wildman–Crippen LogP) is 2.14. The van der Waals surface area contributed by atoms with Crippen LogP contribution < -0.4 is 5.73 Å². The predicted molar refractivity (Wildman–Crippen MR) is 92.1 cm³/mol. The number of likely N-dealkylation sites (tertiary alicyclic amines) is 1. The molecule has 0 bridgehead atoms. The second kappa shape index (κ2) is 8.29. The quantitative estimate of drug-likeness (QED) is 0.344. The molecule has 1 saturated carbocycles. The highest BCUT2D eigenvalue weighted by Gasteiger charge is 2.27. The van der Waals surface area contributed by atoms with Crippen LogP contribution in [0.4, 0.5) is 0 Å². The molecule has 1 heterocycles. The van der Waals surface area contributed by atoms with Crippen LogP contribution in [0.5, 0.6) is 0 Å². The van der Waals surface area contributed by atoms with Crippen LogP contribution in [0.3, 0.4) is 0 Å². The van der Waals surface area contributed by atoms with E-state index in [9.17, 15) is 0 Å². The molecule has 2 aliphatic rings. The lowest BCUT2D eigenvalue weighted by atomic mass is 9.99. The van der Waals surface area contributed by atoms with Crippen LogP contribution in [-0.4, -0.2) is 55.0 Å². The van der Waals surface area contributed by atoms with Gasteiger partial charge in [-0.15, -0.1) is 24.0 Å². The van der Waals surface area contributed by atoms with Crippen LogP contribution in [0.15, 0.2) is 4.99 Å². The highest BCUT2D eigenvalue weighted by atomic mass is 127. The van der Waals surface area contributed by atoms with Gasteiger partial charge >= 0.3 is 0 Å². The molecule has 0 aromatic heterocycles. The number of hydrogen-bond donors (Lipinski definition) is 1. The minimum absolute atomic E-state index is 0. The summed E-state index contributed by atoms with van der Waals surface area (Å²) in [6.45, 7) is 6.94. The van der Waals surface area contributed by atoms with Gasteiger partial charge in [0.05, 0.1) is 0 Å². The van der Waals surface area contributed by atoms with Crippen molar-refractivity contribution in [1.29, 1.82) is 0 Å². The van der Waals surface area contributed by atoms with Gasteiger partial charge in [0.1, 0.15) is 0 Å². The first-order valence-corrected chi connectivity index (χ1v) is 7.42. The monoisotopic (exact) mass is 380 g/mol. The smallest absolute Gasteiger partial charge is 0.191 e. The van der Waals surface area contributed by atoms with E-state index in [2.05, 4.69) is 28.8 Å². The van der Waals surface area contributed by atoms with Crippen molar-refractivity contribution in [3.63, 3.8) is 0 Å². The van der Waals surface area contributed by atoms with Crippen LogP contribution in [0.2, 0.25) is 0 Å². The maximum Gasteiger partial charge on any atom is 0.191 e. The number of nitrogens with zero attached hydrogens (tertiary/aromatic N) is 3. The lowest BCUT2D eigenvalue weighted by molar-refractivity contribution is 0.191. The summed E-state index contributed by atoms with van der Waals surface area (Å²) in [5, 5.41) is 0. The molecule has 1 saturated heterocycles. The van der Waals surface area contributed by atoms with Crippen molar-refractivity contribution in [1.82, 2.24) is 9.80 Å². The molecule has 0 amide bonds. The fourth-order valence-electron chi connectivity index (χ4n) is 2.53. The molecule has 2 N–H and O–H groups in total. The van der Waals surface area contributed by atoms with E-state index in [-0.39, 0.29) is 24.0 Å². The molecule has 2 rings (SSSR count). The summed E-state index contributed by atoms with van der Waals surface area (Å²) in [6, 6.07) is 0.664. The fourth-order valence-corrected chi connectivity index (χ4v) is 2.53. The van der Waals surface area contributed by atoms with Crippen molar-refractivity contribution in [2.24, 2.45) is 16.6 Å². The molecule has 1 aliphatic carbocycles. The van der Waals surface area contributed by atoms with Crippen LogP contribution in [0.25, 0.3) is 0 Å². The van der Waals surface area contributed by atoms with Crippen molar-refractivity contribution in [2.75, 3.05) is 33.2 Å². The van der Waals surface area contributed by atoms with E-state index in [4.69, 9.17) is 5.73 Å². The maximum atomic E-state index is 5.96. The van der Waals surface area contributed by atoms with E-state index in [0.717, 1.165) is 24.8 Å². The minimum Gasteiger partial charge on any atom is -0.370 e. The maximum absolute atomic E-state index is 5.96. The third-order valence-electron chi connectivity index (χ3n) is 4.24. The number of guanidine groups is 1. The second-order valence-corrected chi connectivity index (χ2v) is 5.96. The van der Waals surface area contributed by atoms with Crippen LogP contribution >= 0.6 is 24.0 Å². The van der Waals surface area contributed by atoms with Crippen molar-refractivity contribution >= 4 is 29.9 Å². The third kappa shape index (κ3) is 5.85. The Kier molecular flexibility index (Phi) is 7.42. The standard InChI is InChI=1S/C14H28N4.HI/c1-12-6-10-18(11-7-12)9-3-8-16-14(15)17(2)13-4-5-13;/h12-13H,3-11H2,1-2H3,(H2,15,16);1H. The van der Waals surface area contributed by atoms with Gasteiger partial charge < -0.3 is 15.5 Å². The van der Waals surface area contributed by atoms with Gasteiger partial charge in [0.2, 0.25) is 0 Å². The fraction of sp³-hybridized carbons (Fsp3) is 0.929. The second-order valence-electron chi connectivity index (χ2n) is 5.96. The van der Waals surface area contributed by atoms with Crippen molar-refractivity contribution < 1.29 is 0 Å². The first-order chi connectivity index (χ1) is 8.66. The van der Waals surface area contributed by atoms with E-state index in [1.165, 1.54) is 45.3 Å². The number of hydrogen-bond acceptors (Lipinski definition) is 2. The van der Waals surface area contributed by atoms with Crippen molar-refractivity contribution in [2.45, 2.75) is 45.1 Å². The summed E-state index contributed by atoms with van der Waals surface area (Å²) in [7, 11) is 2.06. The molecular weight excluding hydrogens is 351 g/mol.